The molecule has 1 heterocycles. The summed E-state index contributed by atoms with van der Waals surface area (Å²) in [5, 5.41) is 7.89. The molecule has 0 unspecified atom stereocenters. The zero-order valence-electron chi connectivity index (χ0n) is 17.6. The molecule has 5 N–H and O–H groups in total. The lowest BCUT2D eigenvalue weighted by Crippen LogP contribution is -2.35. The van der Waals surface area contributed by atoms with Crippen LogP contribution in [0.5, 0.6) is 0 Å². The van der Waals surface area contributed by atoms with Gasteiger partial charge in [0.25, 0.3) is 0 Å². The molecule has 0 saturated heterocycles. The van der Waals surface area contributed by atoms with Gasteiger partial charge >= 0.3 is 0 Å². The molecule has 1 aromatic heterocycles. The normalized spacial score (nSPS) is 11.1. The molecule has 33 heavy (non-hydrogen) atoms. The van der Waals surface area contributed by atoms with E-state index in [0.717, 1.165) is 33.2 Å². The van der Waals surface area contributed by atoms with Crippen LogP contribution in [0.25, 0.3) is 21.8 Å². The van der Waals surface area contributed by atoms with E-state index < -0.39 is 15.9 Å². The summed E-state index contributed by atoms with van der Waals surface area (Å²) in [6, 6.07) is 22.8. The Kier molecular flexibility index (Phi) is 7.70. The molecule has 0 bridgehead atoms. The number of halogens is 1. The van der Waals surface area contributed by atoms with Gasteiger partial charge in [-0.1, -0.05) is 36.4 Å². The lowest BCUT2D eigenvalue weighted by Gasteiger charge is -2.14. The minimum atomic E-state index is -3.60. The topological polar surface area (TPSA) is 126 Å². The number of hydrogen-bond acceptors (Lipinski definition) is 6. The molecule has 4 aromatic rings. The first-order chi connectivity index (χ1) is 15.4. The molecule has 0 saturated carbocycles. The van der Waals surface area contributed by atoms with E-state index in [1.807, 2.05) is 48.5 Å². The zero-order valence-corrected chi connectivity index (χ0v) is 19.2. The van der Waals surface area contributed by atoms with Crippen LogP contribution in [-0.4, -0.2) is 38.2 Å². The van der Waals surface area contributed by atoms with E-state index in [0.29, 0.717) is 5.69 Å². The summed E-state index contributed by atoms with van der Waals surface area (Å²) in [4.78, 5) is 15.9. The number of sulfonamides is 1. The summed E-state index contributed by atoms with van der Waals surface area (Å²) in [5.74, 6) is -0.639. The van der Waals surface area contributed by atoms with Crippen molar-refractivity contribution < 1.29 is 13.2 Å². The fourth-order valence-electron chi connectivity index (χ4n) is 3.37. The lowest BCUT2D eigenvalue weighted by atomic mass is 10.1. The van der Waals surface area contributed by atoms with Gasteiger partial charge in [-0.3, -0.25) is 9.52 Å². The zero-order chi connectivity index (χ0) is 22.6. The molecule has 0 fully saturated rings. The Morgan fingerprint density at radius 2 is 1.39 bits per heavy atom. The van der Waals surface area contributed by atoms with Gasteiger partial charge in [-0.05, 0) is 36.4 Å². The maximum atomic E-state index is 12.2. The summed E-state index contributed by atoms with van der Waals surface area (Å²) in [6.07, 6.45) is 0. The van der Waals surface area contributed by atoms with Crippen LogP contribution < -0.4 is 21.1 Å². The molecule has 1 amide bonds. The average Bonchev–Trinajstić information content (AvgIpc) is 2.79. The van der Waals surface area contributed by atoms with Gasteiger partial charge in [0.2, 0.25) is 15.9 Å². The maximum absolute atomic E-state index is 12.2. The Morgan fingerprint density at radius 3 is 1.97 bits per heavy atom. The average molecular weight is 486 g/mol. The summed E-state index contributed by atoms with van der Waals surface area (Å²) < 4.78 is 27.0. The Hall–Kier alpha value is -3.40. The van der Waals surface area contributed by atoms with Gasteiger partial charge in [-0.25, -0.2) is 13.4 Å². The van der Waals surface area contributed by atoms with Crippen molar-refractivity contribution in [1.29, 1.82) is 0 Å². The Balaban J connectivity index is 0.00000306. The number of aromatic nitrogens is 1. The smallest absolute Gasteiger partial charge is 0.234 e. The Labute approximate surface area is 198 Å². The van der Waals surface area contributed by atoms with E-state index >= 15 is 0 Å². The number of benzene rings is 3. The molecule has 0 aliphatic carbocycles. The summed E-state index contributed by atoms with van der Waals surface area (Å²) in [7, 11) is -3.60. The van der Waals surface area contributed by atoms with Crippen LogP contribution in [0.3, 0.4) is 0 Å². The number of nitrogens with one attached hydrogen (secondary N) is 3. The minimum absolute atomic E-state index is 0. The van der Waals surface area contributed by atoms with E-state index in [1.165, 1.54) is 0 Å². The number of amides is 1. The number of pyridine rings is 1. The van der Waals surface area contributed by atoms with E-state index in [9.17, 15) is 13.2 Å². The SMILES string of the molecule is Cl.NCC(=O)NCCS(=O)(=O)Nc1ccc(Nc2c3ccccc3nc3ccccc23)cc1. The van der Waals surface area contributed by atoms with Crippen molar-refractivity contribution in [2.24, 2.45) is 5.73 Å². The van der Waals surface area contributed by atoms with E-state index in [1.54, 1.807) is 24.3 Å². The second-order valence-electron chi connectivity index (χ2n) is 7.20. The van der Waals surface area contributed by atoms with Crippen molar-refractivity contribution >= 4 is 67.2 Å². The highest BCUT2D eigenvalue weighted by atomic mass is 35.5. The number of anilines is 3. The number of rotatable bonds is 8. The fraction of sp³-hybridized carbons (Fsp3) is 0.130. The van der Waals surface area contributed by atoms with Crippen LogP contribution in [0.1, 0.15) is 0 Å². The van der Waals surface area contributed by atoms with Crippen molar-refractivity contribution in [2.75, 3.05) is 28.9 Å². The summed E-state index contributed by atoms with van der Waals surface area (Å²) >= 11 is 0. The van der Waals surface area contributed by atoms with Gasteiger partial charge in [-0.2, -0.15) is 0 Å². The molecular weight excluding hydrogens is 462 g/mol. The fourth-order valence-corrected chi connectivity index (χ4v) is 4.34. The highest BCUT2D eigenvalue weighted by Crippen LogP contribution is 2.33. The van der Waals surface area contributed by atoms with Crippen molar-refractivity contribution in [3.05, 3.63) is 72.8 Å². The van der Waals surface area contributed by atoms with Gasteiger partial charge in [0, 0.05) is 28.7 Å². The third-order valence-corrected chi connectivity index (χ3v) is 6.18. The first-order valence-corrected chi connectivity index (χ1v) is 11.7. The number of nitrogens with zero attached hydrogens (tertiary/aromatic N) is 1. The van der Waals surface area contributed by atoms with Gasteiger partial charge in [0.15, 0.2) is 0 Å². The molecule has 172 valence electrons. The van der Waals surface area contributed by atoms with Crippen molar-refractivity contribution in [2.45, 2.75) is 0 Å². The molecule has 0 spiro atoms. The largest absolute Gasteiger partial charge is 0.354 e. The van der Waals surface area contributed by atoms with Crippen molar-refractivity contribution in [3.63, 3.8) is 0 Å². The highest BCUT2D eigenvalue weighted by Gasteiger charge is 2.12. The number of hydrogen-bond donors (Lipinski definition) is 4. The monoisotopic (exact) mass is 485 g/mol. The first-order valence-electron chi connectivity index (χ1n) is 10.1. The standard InChI is InChI=1S/C23H23N5O3S.ClH/c24-15-22(29)25-13-14-32(30,31)28-17-11-9-16(10-12-17)26-23-18-5-1-3-7-20(18)27-21-8-4-2-6-19(21)23;/h1-12,28H,13-15,24H2,(H,25,29)(H,26,27);1H. The molecule has 4 rings (SSSR count). The molecule has 10 heteroatoms. The van der Waals surface area contributed by atoms with Gasteiger partial charge in [0.1, 0.15) is 0 Å². The van der Waals surface area contributed by atoms with Gasteiger partial charge in [-0.15, -0.1) is 12.4 Å². The molecule has 0 aliphatic heterocycles. The minimum Gasteiger partial charge on any atom is -0.354 e. The van der Waals surface area contributed by atoms with Gasteiger partial charge in [0.05, 0.1) is 29.0 Å². The van der Waals surface area contributed by atoms with E-state index in [4.69, 9.17) is 10.7 Å². The van der Waals surface area contributed by atoms with Crippen LogP contribution >= 0.6 is 12.4 Å². The molecule has 3 aromatic carbocycles. The van der Waals surface area contributed by atoms with Crippen LogP contribution in [0.4, 0.5) is 17.1 Å². The predicted octanol–water partition coefficient (Wildman–Crippen LogP) is 3.37. The summed E-state index contributed by atoms with van der Waals surface area (Å²) in [6.45, 7) is -0.183. The number of carbonyl (C=O) groups excluding carboxylic acids is 1. The van der Waals surface area contributed by atoms with Crippen LogP contribution in [0, 0.1) is 0 Å². The number of fused-ring (bicyclic) bond motifs is 2. The Morgan fingerprint density at radius 1 is 0.848 bits per heavy atom. The molecule has 0 radical (unpaired) electrons. The van der Waals surface area contributed by atoms with Crippen molar-refractivity contribution in [1.82, 2.24) is 10.3 Å². The maximum Gasteiger partial charge on any atom is 0.234 e. The molecular formula is C23H24ClN5O3S. The van der Waals surface area contributed by atoms with Crippen molar-refractivity contribution in [3.8, 4) is 0 Å². The number of para-hydroxylation sites is 2. The number of nitrogens with two attached hydrogens (primary N) is 1. The third-order valence-electron chi connectivity index (χ3n) is 4.89. The predicted molar refractivity (Wildman–Crippen MR) is 136 cm³/mol. The van der Waals surface area contributed by atoms with Crippen LogP contribution in [-0.2, 0) is 14.8 Å². The quantitative estimate of drug-likeness (QED) is 0.283. The highest BCUT2D eigenvalue weighted by molar-refractivity contribution is 7.92. The lowest BCUT2D eigenvalue weighted by molar-refractivity contribution is -0.119. The Bertz CT molecular complexity index is 1320. The molecule has 0 atom stereocenters. The third kappa shape index (κ3) is 5.89. The second-order valence-corrected chi connectivity index (χ2v) is 9.04. The molecule has 0 aliphatic rings. The van der Waals surface area contributed by atoms with E-state index in [2.05, 4.69) is 15.4 Å². The second kappa shape index (κ2) is 10.5. The van der Waals surface area contributed by atoms with E-state index in [-0.39, 0.29) is 31.2 Å². The first kappa shape index (κ1) is 24.2. The van der Waals surface area contributed by atoms with Crippen LogP contribution in [0.2, 0.25) is 0 Å². The molecule has 8 nitrogen and oxygen atoms in total. The van der Waals surface area contributed by atoms with Crippen LogP contribution in [0.15, 0.2) is 72.8 Å². The number of carbonyl (C=O) groups is 1. The summed E-state index contributed by atoms with van der Waals surface area (Å²) in [5.41, 5.74) is 9.15. The van der Waals surface area contributed by atoms with Gasteiger partial charge < -0.3 is 16.4 Å².